The molecule has 0 aromatic rings. The maximum atomic E-state index is 6.53. The van der Waals surface area contributed by atoms with E-state index < -0.39 is 11.6 Å². The van der Waals surface area contributed by atoms with Gasteiger partial charge >= 0.3 is 0 Å². The average Bonchev–Trinajstić information content (AvgIpc) is 2.54. The Morgan fingerprint density at radius 1 is 0.571 bits per heavy atom. The molecule has 4 heteroatoms. The summed E-state index contributed by atoms with van der Waals surface area (Å²) in [5, 5.41) is -0.0831. The number of unbranched alkanes of at least 4 members (excludes halogenated alkanes) is 11. The van der Waals surface area contributed by atoms with Crippen LogP contribution in [0.5, 0.6) is 0 Å². The fraction of sp³-hybridized carbons (Fsp3) is 1.00. The van der Waals surface area contributed by atoms with Crippen LogP contribution in [0.15, 0.2) is 0 Å². The highest BCUT2D eigenvalue weighted by molar-refractivity contribution is 7.60. The normalized spacial score (nSPS) is 41.7. The van der Waals surface area contributed by atoms with E-state index in [-0.39, 0.29) is 18.6 Å². The average molecular weight is 413 g/mol. The first-order valence-corrected chi connectivity index (χ1v) is 13.6. The predicted molar refractivity (Wildman–Crippen MR) is 119 cm³/mol. The van der Waals surface area contributed by atoms with Gasteiger partial charge < -0.3 is 14.2 Å². The number of rotatable bonds is 13. The van der Waals surface area contributed by atoms with Crippen LogP contribution >= 0.6 is 7.92 Å². The first kappa shape index (κ1) is 23.0. The summed E-state index contributed by atoms with van der Waals surface area (Å²) in [6.45, 7) is 11.2. The summed E-state index contributed by atoms with van der Waals surface area (Å²) in [6.07, 6.45) is 20.0. The highest BCUT2D eigenvalue weighted by atomic mass is 31.1. The summed E-state index contributed by atoms with van der Waals surface area (Å²) in [5.41, 5.74) is 0. The highest BCUT2D eigenvalue weighted by Gasteiger charge is 2.70. The summed E-state index contributed by atoms with van der Waals surface area (Å²) in [4.78, 5) is 0. The molecule has 4 saturated heterocycles. The van der Waals surface area contributed by atoms with E-state index in [0.717, 1.165) is 12.8 Å². The summed E-state index contributed by atoms with van der Waals surface area (Å²) in [5.74, 6) is -0.908. The molecule has 0 amide bonds. The lowest BCUT2D eigenvalue weighted by Gasteiger charge is -2.69. The lowest BCUT2D eigenvalue weighted by Crippen LogP contribution is -2.71. The first-order chi connectivity index (χ1) is 13.2. The third-order valence-electron chi connectivity index (χ3n) is 6.98. The zero-order valence-electron chi connectivity index (χ0n) is 19.3. The quantitative estimate of drug-likeness (QED) is 0.227. The Balaban J connectivity index is 1.31. The van der Waals surface area contributed by atoms with E-state index in [4.69, 9.17) is 14.2 Å². The van der Waals surface area contributed by atoms with Crippen LogP contribution in [-0.4, -0.2) is 28.4 Å². The van der Waals surface area contributed by atoms with Gasteiger partial charge in [0.15, 0.2) is 11.6 Å². The fourth-order valence-electron chi connectivity index (χ4n) is 6.22. The molecule has 0 spiro atoms. The molecule has 4 aliphatic heterocycles. The second-order valence-corrected chi connectivity index (χ2v) is 13.5. The topological polar surface area (TPSA) is 27.7 Å². The van der Waals surface area contributed by atoms with E-state index in [1.807, 2.05) is 0 Å². The molecule has 28 heavy (non-hydrogen) atoms. The van der Waals surface area contributed by atoms with Gasteiger partial charge in [0.25, 0.3) is 0 Å². The molecule has 4 atom stereocenters. The van der Waals surface area contributed by atoms with Gasteiger partial charge in [-0.25, -0.2) is 0 Å². The smallest absolute Gasteiger partial charge is 0.173 e. The maximum Gasteiger partial charge on any atom is 0.173 e. The standard InChI is InChI=1S/C24H45O3P/c1-6-7-8-9-10-11-12-13-14-15-16-17-18-28-23(4)19-21(2)25-22(3,27-23)20-24(28,5)26-21/h6-20H2,1-5H3. The minimum absolute atomic E-state index is 0.0416. The van der Waals surface area contributed by atoms with Crippen molar-refractivity contribution in [1.82, 2.24) is 0 Å². The monoisotopic (exact) mass is 412 g/mol. The number of hydrogen-bond acceptors (Lipinski definition) is 3. The Kier molecular flexibility index (Phi) is 7.56. The fourth-order valence-corrected chi connectivity index (χ4v) is 10.3. The molecule has 4 rings (SSSR count). The van der Waals surface area contributed by atoms with Crippen LogP contribution in [0.25, 0.3) is 0 Å². The van der Waals surface area contributed by atoms with Crippen LogP contribution in [0, 0.1) is 0 Å². The molecule has 164 valence electrons. The zero-order chi connectivity index (χ0) is 20.3. The first-order valence-electron chi connectivity index (χ1n) is 12.1. The van der Waals surface area contributed by atoms with Crippen molar-refractivity contribution in [2.24, 2.45) is 0 Å². The van der Waals surface area contributed by atoms with Crippen molar-refractivity contribution in [2.45, 2.75) is 147 Å². The van der Waals surface area contributed by atoms with Gasteiger partial charge in [-0.1, -0.05) is 77.6 Å². The summed E-state index contributed by atoms with van der Waals surface area (Å²) in [7, 11) is -0.296. The largest absolute Gasteiger partial charge is 0.339 e. The van der Waals surface area contributed by atoms with Crippen LogP contribution in [-0.2, 0) is 14.2 Å². The SMILES string of the molecule is CCCCCCCCCCCCCCP1C2(C)CC3(C)OC(C)(CC1(C)O3)O2. The van der Waals surface area contributed by atoms with E-state index in [9.17, 15) is 0 Å². The van der Waals surface area contributed by atoms with Gasteiger partial charge in [0.1, 0.15) is 0 Å². The van der Waals surface area contributed by atoms with Gasteiger partial charge in [0.05, 0.1) is 10.7 Å². The summed E-state index contributed by atoms with van der Waals surface area (Å²) in [6, 6.07) is 0. The second kappa shape index (κ2) is 9.21. The van der Waals surface area contributed by atoms with Crippen LogP contribution in [0.4, 0.5) is 0 Å². The summed E-state index contributed by atoms with van der Waals surface area (Å²) < 4.78 is 19.2. The Morgan fingerprint density at radius 2 is 0.964 bits per heavy atom. The second-order valence-electron chi connectivity index (χ2n) is 10.3. The summed E-state index contributed by atoms with van der Waals surface area (Å²) >= 11 is 0. The van der Waals surface area contributed by atoms with Gasteiger partial charge in [-0.3, -0.25) is 0 Å². The van der Waals surface area contributed by atoms with Crippen LogP contribution in [0.3, 0.4) is 0 Å². The molecular weight excluding hydrogens is 367 g/mol. The van der Waals surface area contributed by atoms with E-state index in [0.29, 0.717) is 0 Å². The van der Waals surface area contributed by atoms with Crippen molar-refractivity contribution in [3.8, 4) is 0 Å². The molecule has 4 bridgehead atoms. The molecule has 0 aromatic carbocycles. The van der Waals surface area contributed by atoms with Gasteiger partial charge in [-0.15, -0.1) is 0 Å². The Morgan fingerprint density at radius 3 is 1.39 bits per heavy atom. The molecule has 0 saturated carbocycles. The molecule has 0 radical (unpaired) electrons. The van der Waals surface area contributed by atoms with Crippen molar-refractivity contribution >= 4 is 7.92 Å². The van der Waals surface area contributed by atoms with Crippen molar-refractivity contribution in [3.05, 3.63) is 0 Å². The van der Waals surface area contributed by atoms with Crippen LogP contribution in [0.2, 0.25) is 0 Å². The van der Waals surface area contributed by atoms with Gasteiger partial charge in [0, 0.05) is 12.8 Å². The van der Waals surface area contributed by atoms with Gasteiger partial charge in [0.2, 0.25) is 0 Å². The molecule has 4 fully saturated rings. The highest BCUT2D eigenvalue weighted by Crippen LogP contribution is 2.76. The molecule has 4 aliphatic rings. The predicted octanol–water partition coefficient (Wildman–Crippen LogP) is 7.91. The number of ether oxygens (including phenoxy) is 3. The molecule has 3 nitrogen and oxygen atoms in total. The molecular formula is C24H45O3P. The molecule has 4 heterocycles. The minimum atomic E-state index is -0.454. The number of hydrogen-bond donors (Lipinski definition) is 0. The molecule has 4 unspecified atom stereocenters. The molecule has 0 aromatic heterocycles. The minimum Gasteiger partial charge on any atom is -0.339 e. The van der Waals surface area contributed by atoms with E-state index in [2.05, 4.69) is 34.6 Å². The van der Waals surface area contributed by atoms with Gasteiger partial charge in [-0.05, 0) is 48.2 Å². The van der Waals surface area contributed by atoms with Crippen LogP contribution < -0.4 is 0 Å². The van der Waals surface area contributed by atoms with Crippen molar-refractivity contribution in [3.63, 3.8) is 0 Å². The van der Waals surface area contributed by atoms with E-state index in [1.165, 1.54) is 83.2 Å². The Labute approximate surface area is 175 Å². The zero-order valence-corrected chi connectivity index (χ0v) is 20.2. The Hall–Kier alpha value is 0.310. The lowest BCUT2D eigenvalue weighted by atomic mass is 9.98. The van der Waals surface area contributed by atoms with E-state index >= 15 is 0 Å². The third-order valence-corrected chi connectivity index (χ3v) is 10.5. The maximum absolute atomic E-state index is 6.53. The van der Waals surface area contributed by atoms with Crippen molar-refractivity contribution in [1.29, 1.82) is 0 Å². The Bertz CT molecular complexity index is 464. The van der Waals surface area contributed by atoms with Crippen molar-refractivity contribution < 1.29 is 14.2 Å². The van der Waals surface area contributed by atoms with E-state index in [1.54, 1.807) is 0 Å². The van der Waals surface area contributed by atoms with Crippen LogP contribution in [0.1, 0.15) is 125 Å². The van der Waals surface area contributed by atoms with Crippen molar-refractivity contribution in [2.75, 3.05) is 6.16 Å². The van der Waals surface area contributed by atoms with Gasteiger partial charge in [-0.2, -0.15) is 0 Å². The molecule has 0 aliphatic carbocycles. The third kappa shape index (κ3) is 5.32. The lowest BCUT2D eigenvalue weighted by molar-refractivity contribution is -0.468. The molecule has 0 N–H and O–H groups in total.